The number of fused-ring (bicyclic) bond motifs is 2. The summed E-state index contributed by atoms with van der Waals surface area (Å²) in [4.78, 5) is 26.9. The molecule has 0 bridgehead atoms. The molecule has 180 valence electrons. The minimum absolute atomic E-state index is 0.283. The average molecular weight is 507 g/mol. The van der Waals surface area contributed by atoms with E-state index in [9.17, 15) is 9.59 Å². The molecule has 0 aliphatic heterocycles. The number of anilines is 1. The molecule has 6 aromatic rings. The molecule has 2 aromatic heterocycles. The molecule has 0 aliphatic carbocycles. The van der Waals surface area contributed by atoms with Crippen molar-refractivity contribution in [1.29, 1.82) is 0 Å². The lowest BCUT2D eigenvalue weighted by molar-refractivity contribution is 0.102. The van der Waals surface area contributed by atoms with Crippen LogP contribution in [-0.4, -0.2) is 20.9 Å². The Hall–Kier alpha value is -4.75. The van der Waals surface area contributed by atoms with Crippen LogP contribution in [0.25, 0.3) is 38.8 Å². The third kappa shape index (κ3) is 4.37. The Morgan fingerprint density at radius 1 is 0.892 bits per heavy atom. The minimum atomic E-state index is -0.426. The number of nitrogens with zero attached hydrogens (tertiary/aromatic N) is 3. The minimum Gasteiger partial charge on any atom is -0.422 e. The van der Waals surface area contributed by atoms with E-state index in [4.69, 9.17) is 16.0 Å². The van der Waals surface area contributed by atoms with Crippen LogP contribution in [0.4, 0.5) is 5.69 Å². The van der Waals surface area contributed by atoms with Gasteiger partial charge < -0.3 is 9.73 Å². The normalized spacial score (nSPS) is 11.2. The molecule has 0 saturated heterocycles. The second-order valence-corrected chi connectivity index (χ2v) is 9.05. The van der Waals surface area contributed by atoms with Gasteiger partial charge in [-0.3, -0.25) is 4.79 Å². The quantitative estimate of drug-likeness (QED) is 0.279. The lowest BCUT2D eigenvalue weighted by Crippen LogP contribution is -2.11. The number of benzene rings is 4. The van der Waals surface area contributed by atoms with Crippen molar-refractivity contribution in [3.05, 3.63) is 118 Å². The van der Waals surface area contributed by atoms with Crippen LogP contribution in [0.1, 0.15) is 15.9 Å². The van der Waals surface area contributed by atoms with Gasteiger partial charge in [-0.1, -0.05) is 48.0 Å². The topological polar surface area (TPSA) is 90.0 Å². The molecule has 0 aliphatic rings. The van der Waals surface area contributed by atoms with Crippen LogP contribution >= 0.6 is 11.6 Å². The molecule has 0 unspecified atom stereocenters. The highest BCUT2D eigenvalue weighted by Gasteiger charge is 2.12. The van der Waals surface area contributed by atoms with Gasteiger partial charge in [0.25, 0.3) is 5.91 Å². The summed E-state index contributed by atoms with van der Waals surface area (Å²) >= 11 is 6.24. The summed E-state index contributed by atoms with van der Waals surface area (Å²) in [6, 6.07) is 26.9. The van der Waals surface area contributed by atoms with Gasteiger partial charge in [-0.25, -0.2) is 4.79 Å². The second-order valence-electron chi connectivity index (χ2n) is 8.64. The van der Waals surface area contributed by atoms with Crippen molar-refractivity contribution in [3.8, 4) is 16.8 Å². The fourth-order valence-corrected chi connectivity index (χ4v) is 4.26. The molecule has 7 nitrogen and oxygen atoms in total. The van der Waals surface area contributed by atoms with Gasteiger partial charge in [0, 0.05) is 21.7 Å². The number of amides is 1. The van der Waals surface area contributed by atoms with E-state index >= 15 is 0 Å². The van der Waals surface area contributed by atoms with E-state index in [0.29, 0.717) is 44.0 Å². The number of rotatable bonds is 4. The van der Waals surface area contributed by atoms with Crippen molar-refractivity contribution in [2.45, 2.75) is 6.92 Å². The van der Waals surface area contributed by atoms with Crippen LogP contribution in [-0.2, 0) is 0 Å². The van der Waals surface area contributed by atoms with Crippen molar-refractivity contribution in [2.75, 3.05) is 5.32 Å². The highest BCUT2D eigenvalue weighted by Crippen LogP contribution is 2.23. The monoisotopic (exact) mass is 506 g/mol. The maximum Gasteiger partial charge on any atom is 0.344 e. The van der Waals surface area contributed by atoms with E-state index in [0.717, 1.165) is 16.6 Å². The van der Waals surface area contributed by atoms with Gasteiger partial charge in [-0.15, -0.1) is 10.2 Å². The summed E-state index contributed by atoms with van der Waals surface area (Å²) in [6.45, 7) is 1.93. The molecule has 0 fully saturated rings. The SMILES string of the molecule is Cc1ccc(-n2nc3ccc(NC(=O)c4ccc(-c5cc6ccccc6oc5=O)cc4)cc3n2)cc1Cl. The molecule has 0 atom stereocenters. The maximum absolute atomic E-state index is 12.9. The largest absolute Gasteiger partial charge is 0.422 e. The number of carbonyl (C=O) groups is 1. The van der Waals surface area contributed by atoms with Crippen LogP contribution in [0.2, 0.25) is 5.02 Å². The molecule has 37 heavy (non-hydrogen) atoms. The summed E-state index contributed by atoms with van der Waals surface area (Å²) in [5, 5.41) is 13.4. The highest BCUT2D eigenvalue weighted by molar-refractivity contribution is 6.31. The number of halogens is 1. The van der Waals surface area contributed by atoms with Crippen molar-refractivity contribution in [3.63, 3.8) is 0 Å². The average Bonchev–Trinajstić information content (AvgIpc) is 3.33. The van der Waals surface area contributed by atoms with Gasteiger partial charge in [-0.2, -0.15) is 4.80 Å². The van der Waals surface area contributed by atoms with E-state index in [1.165, 1.54) is 4.80 Å². The molecule has 1 N–H and O–H groups in total. The van der Waals surface area contributed by atoms with Gasteiger partial charge in [0.15, 0.2) is 0 Å². The number of carbonyl (C=O) groups excluding carboxylic acids is 1. The zero-order valence-electron chi connectivity index (χ0n) is 19.6. The lowest BCUT2D eigenvalue weighted by atomic mass is 10.0. The number of para-hydroxylation sites is 1. The second kappa shape index (κ2) is 9.04. The predicted molar refractivity (Wildman–Crippen MR) is 144 cm³/mol. The Kier molecular flexibility index (Phi) is 5.54. The Bertz CT molecular complexity index is 1870. The number of hydrogen-bond donors (Lipinski definition) is 1. The first-order valence-electron chi connectivity index (χ1n) is 11.5. The molecule has 0 saturated carbocycles. The van der Waals surface area contributed by atoms with Crippen LogP contribution < -0.4 is 10.9 Å². The van der Waals surface area contributed by atoms with Gasteiger partial charge >= 0.3 is 5.63 Å². The fraction of sp³-hybridized carbons (Fsp3) is 0.0345. The van der Waals surface area contributed by atoms with E-state index in [1.54, 1.807) is 54.6 Å². The first-order valence-corrected chi connectivity index (χ1v) is 11.9. The lowest BCUT2D eigenvalue weighted by Gasteiger charge is -2.07. The van der Waals surface area contributed by atoms with E-state index in [-0.39, 0.29) is 5.91 Å². The molecular formula is C29H19ClN4O3. The number of nitrogens with one attached hydrogen (secondary N) is 1. The Balaban J connectivity index is 1.22. The standard InChI is InChI=1S/C29H19ClN4O3/c1-17-6-12-22(16-24(17)30)34-32-25-13-11-21(15-26(25)33-34)31-28(35)19-9-7-18(8-10-19)23-14-20-4-2-3-5-27(20)37-29(23)36/h2-16H,1H3,(H,31,35). The molecule has 0 spiro atoms. The molecule has 8 heteroatoms. The molecule has 2 heterocycles. The fourth-order valence-electron chi connectivity index (χ4n) is 4.08. The van der Waals surface area contributed by atoms with Gasteiger partial charge in [-0.05, 0) is 72.6 Å². The maximum atomic E-state index is 12.9. The molecule has 4 aromatic carbocycles. The summed E-state index contributed by atoms with van der Waals surface area (Å²) in [5.74, 6) is -0.283. The smallest absolute Gasteiger partial charge is 0.344 e. The van der Waals surface area contributed by atoms with Gasteiger partial charge in [0.05, 0.1) is 11.3 Å². The summed E-state index contributed by atoms with van der Waals surface area (Å²) in [5.41, 5.74) is 5.30. The van der Waals surface area contributed by atoms with Gasteiger partial charge in [0.1, 0.15) is 16.6 Å². The summed E-state index contributed by atoms with van der Waals surface area (Å²) in [6.07, 6.45) is 0. The zero-order chi connectivity index (χ0) is 25.5. The van der Waals surface area contributed by atoms with Gasteiger partial charge in [0.2, 0.25) is 0 Å². The van der Waals surface area contributed by atoms with Crippen molar-refractivity contribution in [2.24, 2.45) is 0 Å². The third-order valence-corrected chi connectivity index (χ3v) is 6.53. The number of aryl methyl sites for hydroxylation is 1. The Labute approximate surface area is 215 Å². The molecule has 0 radical (unpaired) electrons. The van der Waals surface area contributed by atoms with E-state index in [1.807, 2.05) is 43.3 Å². The first-order chi connectivity index (χ1) is 17.9. The van der Waals surface area contributed by atoms with Crippen LogP contribution in [0.15, 0.2) is 100 Å². The first kappa shape index (κ1) is 22.7. The molecule has 6 rings (SSSR count). The number of hydrogen-bond acceptors (Lipinski definition) is 5. The predicted octanol–water partition coefficient (Wildman–Crippen LogP) is 6.41. The summed E-state index contributed by atoms with van der Waals surface area (Å²) < 4.78 is 5.43. The van der Waals surface area contributed by atoms with E-state index in [2.05, 4.69) is 15.5 Å². The Morgan fingerprint density at radius 3 is 2.49 bits per heavy atom. The van der Waals surface area contributed by atoms with Crippen LogP contribution in [0, 0.1) is 6.92 Å². The highest BCUT2D eigenvalue weighted by atomic mass is 35.5. The number of aromatic nitrogens is 3. The van der Waals surface area contributed by atoms with Crippen LogP contribution in [0.3, 0.4) is 0 Å². The zero-order valence-corrected chi connectivity index (χ0v) is 20.4. The van der Waals surface area contributed by atoms with Crippen LogP contribution in [0.5, 0.6) is 0 Å². The van der Waals surface area contributed by atoms with Crippen molar-refractivity contribution in [1.82, 2.24) is 15.0 Å². The van der Waals surface area contributed by atoms with E-state index < -0.39 is 5.63 Å². The van der Waals surface area contributed by atoms with Crippen molar-refractivity contribution >= 4 is 45.2 Å². The van der Waals surface area contributed by atoms with Crippen molar-refractivity contribution < 1.29 is 9.21 Å². The molecule has 1 amide bonds. The Morgan fingerprint density at radius 2 is 1.68 bits per heavy atom. The summed E-state index contributed by atoms with van der Waals surface area (Å²) in [7, 11) is 0. The third-order valence-electron chi connectivity index (χ3n) is 6.12. The molecular weight excluding hydrogens is 488 g/mol.